The minimum atomic E-state index is -0.942. The number of carbonyl (C=O) groups excluding carboxylic acids is 2. The van der Waals surface area contributed by atoms with Crippen molar-refractivity contribution in [2.75, 3.05) is 30.6 Å². The summed E-state index contributed by atoms with van der Waals surface area (Å²) in [6.45, 7) is 5.60. The summed E-state index contributed by atoms with van der Waals surface area (Å²) in [6.07, 6.45) is 0. The smallest absolute Gasteiger partial charge is 0.258 e. The number of carbonyl (C=O) groups is 2. The van der Waals surface area contributed by atoms with Crippen molar-refractivity contribution in [1.82, 2.24) is 0 Å². The molecule has 1 aliphatic heterocycles. The van der Waals surface area contributed by atoms with Crippen LogP contribution in [0.25, 0.3) is 0 Å². The molecule has 1 saturated heterocycles. The molecule has 1 fully saturated rings. The number of anilines is 2. The third kappa shape index (κ3) is 3.70. The molecule has 1 unspecified atom stereocenters. The molecule has 0 spiro atoms. The van der Waals surface area contributed by atoms with Crippen LogP contribution in [0.1, 0.15) is 28.7 Å². The first-order valence-corrected chi connectivity index (χ1v) is 10.3. The molecule has 3 aromatic rings. The average Bonchev–Trinajstić information content (AvgIpc) is 3.20. The van der Waals surface area contributed by atoms with E-state index in [1.165, 1.54) is 12.0 Å². The molecule has 166 valence electrons. The number of furan rings is 1. The number of methoxy groups -OCH3 is 2. The first kappa shape index (κ1) is 21.5. The Balaban J connectivity index is 1.85. The van der Waals surface area contributed by atoms with Crippen molar-refractivity contribution in [1.29, 1.82) is 0 Å². The van der Waals surface area contributed by atoms with Crippen molar-refractivity contribution in [2.45, 2.75) is 26.8 Å². The lowest BCUT2D eigenvalue weighted by Gasteiger charge is -2.40. The largest absolute Gasteiger partial charge is 0.497 e. The lowest BCUT2D eigenvalue weighted by molar-refractivity contribution is -0.129. The van der Waals surface area contributed by atoms with E-state index < -0.39 is 6.04 Å². The molecule has 2 amide bonds. The van der Waals surface area contributed by atoms with Gasteiger partial charge in [-0.25, -0.2) is 0 Å². The van der Waals surface area contributed by atoms with Gasteiger partial charge in [0.15, 0.2) is 6.04 Å². The number of aryl methyl sites for hydroxylation is 3. The van der Waals surface area contributed by atoms with E-state index in [9.17, 15) is 9.59 Å². The van der Waals surface area contributed by atoms with Crippen molar-refractivity contribution in [3.05, 3.63) is 71.2 Å². The van der Waals surface area contributed by atoms with Gasteiger partial charge in [0.25, 0.3) is 5.91 Å². The Bertz CT molecular complexity index is 1180. The number of hydrogen-bond donors (Lipinski definition) is 0. The average molecular weight is 434 g/mol. The van der Waals surface area contributed by atoms with Gasteiger partial charge in [-0.05, 0) is 56.7 Å². The molecule has 7 heteroatoms. The summed E-state index contributed by atoms with van der Waals surface area (Å²) in [5.41, 5.74) is 3.14. The van der Waals surface area contributed by atoms with Crippen LogP contribution in [-0.2, 0) is 9.59 Å². The number of nitrogens with zero attached hydrogens (tertiary/aromatic N) is 2. The third-order valence-electron chi connectivity index (χ3n) is 5.64. The first-order chi connectivity index (χ1) is 15.3. The molecule has 0 N–H and O–H groups in total. The van der Waals surface area contributed by atoms with E-state index in [2.05, 4.69) is 0 Å². The third-order valence-corrected chi connectivity index (χ3v) is 5.64. The normalized spacial score (nSPS) is 16.5. The Kier molecular flexibility index (Phi) is 5.65. The van der Waals surface area contributed by atoms with Crippen molar-refractivity contribution >= 4 is 23.2 Å². The molecular weight excluding hydrogens is 408 g/mol. The fraction of sp³-hybridized carbons (Fsp3) is 0.280. The quantitative estimate of drug-likeness (QED) is 0.597. The van der Waals surface area contributed by atoms with Crippen LogP contribution < -0.4 is 19.3 Å². The minimum absolute atomic E-state index is 0.133. The van der Waals surface area contributed by atoms with E-state index in [4.69, 9.17) is 13.9 Å². The van der Waals surface area contributed by atoms with Crippen LogP contribution in [0, 0.1) is 20.8 Å². The maximum absolute atomic E-state index is 13.9. The lowest BCUT2D eigenvalue weighted by Crippen LogP contribution is -2.56. The predicted octanol–water partition coefficient (Wildman–Crippen LogP) is 4.34. The zero-order valence-corrected chi connectivity index (χ0v) is 18.8. The van der Waals surface area contributed by atoms with Gasteiger partial charge in [-0.15, -0.1) is 0 Å². The van der Waals surface area contributed by atoms with Crippen molar-refractivity contribution in [3.8, 4) is 11.5 Å². The first-order valence-electron chi connectivity index (χ1n) is 10.3. The van der Waals surface area contributed by atoms with Crippen LogP contribution in [0.4, 0.5) is 11.4 Å². The zero-order chi connectivity index (χ0) is 23.0. The molecule has 0 saturated carbocycles. The number of hydrogen-bond acceptors (Lipinski definition) is 5. The van der Waals surface area contributed by atoms with Gasteiger partial charge in [0.1, 0.15) is 29.6 Å². The number of benzene rings is 2. The summed E-state index contributed by atoms with van der Waals surface area (Å²) in [4.78, 5) is 30.4. The van der Waals surface area contributed by atoms with Gasteiger partial charge >= 0.3 is 0 Å². The van der Waals surface area contributed by atoms with Gasteiger partial charge in [-0.3, -0.25) is 19.4 Å². The highest BCUT2D eigenvalue weighted by Gasteiger charge is 2.44. The summed E-state index contributed by atoms with van der Waals surface area (Å²) in [5, 5.41) is 0. The van der Waals surface area contributed by atoms with E-state index in [1.807, 2.05) is 39.0 Å². The van der Waals surface area contributed by atoms with Gasteiger partial charge in [-0.1, -0.05) is 17.7 Å². The number of rotatable bonds is 5. The summed E-state index contributed by atoms with van der Waals surface area (Å²) in [7, 11) is 3.07. The molecule has 1 atom stereocenters. The van der Waals surface area contributed by atoms with E-state index in [0.29, 0.717) is 34.4 Å². The van der Waals surface area contributed by atoms with Gasteiger partial charge in [-0.2, -0.15) is 0 Å². The number of piperazine rings is 1. The molecule has 0 bridgehead atoms. The van der Waals surface area contributed by atoms with E-state index in [0.717, 1.165) is 11.1 Å². The molecule has 2 aromatic carbocycles. The summed E-state index contributed by atoms with van der Waals surface area (Å²) >= 11 is 0. The summed E-state index contributed by atoms with van der Waals surface area (Å²) in [6, 6.07) is 13.6. The standard InChI is InChI=1S/C25H26N2O5/c1-15-6-9-19(16(2)12-15)27-23(28)14-26(20-13-18(30-4)8-11-21(20)31-5)25(29)24(27)22-10-7-17(3)32-22/h6-13,24H,14H2,1-5H3. The fourth-order valence-electron chi connectivity index (χ4n) is 4.10. The molecule has 2 heterocycles. The molecular formula is C25H26N2O5. The van der Waals surface area contributed by atoms with Crippen LogP contribution in [0.15, 0.2) is 52.9 Å². The fourth-order valence-corrected chi connectivity index (χ4v) is 4.10. The topological polar surface area (TPSA) is 72.2 Å². The predicted molar refractivity (Wildman–Crippen MR) is 121 cm³/mol. The van der Waals surface area contributed by atoms with Crippen LogP contribution in [0.5, 0.6) is 11.5 Å². The SMILES string of the molecule is COc1ccc(OC)c(N2CC(=O)N(c3ccc(C)cc3C)C(c3ccc(C)o3)C2=O)c1. The monoisotopic (exact) mass is 434 g/mol. The molecule has 32 heavy (non-hydrogen) atoms. The molecule has 0 radical (unpaired) electrons. The summed E-state index contributed by atoms with van der Waals surface area (Å²) in [5.74, 6) is 1.60. The maximum atomic E-state index is 13.9. The molecule has 1 aliphatic rings. The van der Waals surface area contributed by atoms with Gasteiger partial charge in [0.2, 0.25) is 5.91 Å². The van der Waals surface area contributed by atoms with Crippen molar-refractivity contribution in [3.63, 3.8) is 0 Å². The van der Waals surface area contributed by atoms with Crippen LogP contribution in [0.2, 0.25) is 0 Å². The molecule has 7 nitrogen and oxygen atoms in total. The van der Waals surface area contributed by atoms with Crippen molar-refractivity contribution < 1.29 is 23.5 Å². The molecule has 0 aliphatic carbocycles. The highest BCUT2D eigenvalue weighted by Crippen LogP contribution is 2.40. The van der Waals surface area contributed by atoms with Gasteiger partial charge < -0.3 is 13.9 Å². The Morgan fingerprint density at radius 1 is 0.906 bits per heavy atom. The molecule has 4 rings (SSSR count). The zero-order valence-electron chi connectivity index (χ0n) is 18.8. The highest BCUT2D eigenvalue weighted by molar-refractivity contribution is 6.15. The van der Waals surface area contributed by atoms with Crippen molar-refractivity contribution in [2.24, 2.45) is 0 Å². The second kappa shape index (κ2) is 8.42. The Morgan fingerprint density at radius 3 is 2.31 bits per heavy atom. The van der Waals surface area contributed by atoms with Crippen LogP contribution in [0.3, 0.4) is 0 Å². The van der Waals surface area contributed by atoms with E-state index in [1.54, 1.807) is 42.3 Å². The van der Waals surface area contributed by atoms with Gasteiger partial charge in [0.05, 0.1) is 19.9 Å². The maximum Gasteiger partial charge on any atom is 0.258 e. The van der Waals surface area contributed by atoms with Crippen LogP contribution >= 0.6 is 0 Å². The molecule has 1 aromatic heterocycles. The van der Waals surface area contributed by atoms with E-state index in [-0.39, 0.29) is 18.4 Å². The summed E-state index contributed by atoms with van der Waals surface area (Å²) < 4.78 is 16.7. The number of ether oxygens (including phenoxy) is 2. The Labute approximate surface area is 187 Å². The Hall–Kier alpha value is -3.74. The van der Waals surface area contributed by atoms with Gasteiger partial charge in [0, 0.05) is 11.8 Å². The Morgan fingerprint density at radius 2 is 1.69 bits per heavy atom. The second-order valence-corrected chi connectivity index (χ2v) is 7.87. The number of amides is 2. The second-order valence-electron chi connectivity index (χ2n) is 7.87. The van der Waals surface area contributed by atoms with Crippen LogP contribution in [-0.4, -0.2) is 32.6 Å². The van der Waals surface area contributed by atoms with E-state index >= 15 is 0 Å². The minimum Gasteiger partial charge on any atom is -0.497 e. The lowest BCUT2D eigenvalue weighted by atomic mass is 10.0. The highest BCUT2D eigenvalue weighted by atomic mass is 16.5.